The zero-order chi connectivity index (χ0) is 27.4. The summed E-state index contributed by atoms with van der Waals surface area (Å²) in [6, 6.07) is 24.0. The molecule has 2 aliphatic heterocycles. The van der Waals surface area contributed by atoms with Crippen molar-refractivity contribution in [2.24, 2.45) is 0 Å². The Hall–Kier alpha value is -4.53. The highest BCUT2D eigenvalue weighted by atomic mass is 16.5. The van der Waals surface area contributed by atoms with E-state index in [1.165, 1.54) is 0 Å². The molecule has 1 spiro atoms. The minimum atomic E-state index is -0.834. The molecule has 3 aromatic carbocycles. The lowest BCUT2D eigenvalue weighted by Crippen LogP contribution is -2.57. The van der Waals surface area contributed by atoms with Gasteiger partial charge in [0.1, 0.15) is 23.6 Å². The summed E-state index contributed by atoms with van der Waals surface area (Å²) in [6.45, 7) is 1.05. The molecule has 3 aromatic rings. The SMILES string of the molecule is COc1ccc(NC(=O)CN2CN(c3ccccc3)C3(CCN(C(=O)c4ccccc4OC)CC3)C2=O)cc1. The van der Waals surface area contributed by atoms with Crippen LogP contribution in [0.1, 0.15) is 23.2 Å². The summed E-state index contributed by atoms with van der Waals surface area (Å²) in [5.41, 5.74) is 1.21. The van der Waals surface area contributed by atoms with E-state index in [2.05, 4.69) is 10.2 Å². The molecule has 3 amide bonds. The third-order valence-electron chi connectivity index (χ3n) is 7.51. The van der Waals surface area contributed by atoms with Gasteiger partial charge in [0, 0.05) is 24.5 Å². The number of nitrogens with one attached hydrogen (secondary N) is 1. The summed E-state index contributed by atoms with van der Waals surface area (Å²) in [5.74, 6) is 0.733. The molecule has 0 bridgehead atoms. The lowest BCUT2D eigenvalue weighted by molar-refractivity contribution is -0.136. The number of nitrogens with zero attached hydrogens (tertiary/aromatic N) is 3. The Bertz CT molecular complexity index is 1340. The fourth-order valence-electron chi connectivity index (χ4n) is 5.44. The quantitative estimate of drug-likeness (QED) is 0.504. The van der Waals surface area contributed by atoms with Crippen molar-refractivity contribution < 1.29 is 23.9 Å². The van der Waals surface area contributed by atoms with E-state index in [-0.39, 0.29) is 24.3 Å². The first-order valence-electron chi connectivity index (χ1n) is 12.9. The predicted octanol–water partition coefficient (Wildman–Crippen LogP) is 3.62. The van der Waals surface area contributed by atoms with Crippen molar-refractivity contribution in [2.75, 3.05) is 50.7 Å². The van der Waals surface area contributed by atoms with E-state index in [9.17, 15) is 14.4 Å². The number of likely N-dealkylation sites (tertiary alicyclic amines) is 1. The lowest BCUT2D eigenvalue weighted by Gasteiger charge is -2.43. The van der Waals surface area contributed by atoms with Crippen LogP contribution in [0.4, 0.5) is 11.4 Å². The molecule has 0 radical (unpaired) electrons. The van der Waals surface area contributed by atoms with Crippen LogP contribution in [-0.2, 0) is 9.59 Å². The van der Waals surface area contributed by atoms with Gasteiger partial charge in [0.2, 0.25) is 5.91 Å². The van der Waals surface area contributed by atoms with Crippen molar-refractivity contribution in [1.29, 1.82) is 0 Å². The molecule has 39 heavy (non-hydrogen) atoms. The van der Waals surface area contributed by atoms with E-state index in [1.54, 1.807) is 60.4 Å². The number of carbonyl (C=O) groups excluding carboxylic acids is 3. The Kier molecular flexibility index (Phi) is 7.40. The second-order valence-corrected chi connectivity index (χ2v) is 9.71. The van der Waals surface area contributed by atoms with Crippen LogP contribution in [0.15, 0.2) is 78.9 Å². The van der Waals surface area contributed by atoms with Crippen LogP contribution in [-0.4, -0.2) is 73.6 Å². The second kappa shape index (κ2) is 11.1. The number of anilines is 2. The van der Waals surface area contributed by atoms with E-state index >= 15 is 0 Å². The Morgan fingerprint density at radius 2 is 1.54 bits per heavy atom. The van der Waals surface area contributed by atoms with Gasteiger partial charge in [-0.2, -0.15) is 0 Å². The molecule has 0 aromatic heterocycles. The van der Waals surface area contributed by atoms with Gasteiger partial charge in [-0.25, -0.2) is 0 Å². The van der Waals surface area contributed by atoms with Gasteiger partial charge in [-0.05, 0) is 61.4 Å². The Labute approximate surface area is 227 Å². The number of carbonyl (C=O) groups is 3. The van der Waals surface area contributed by atoms with Gasteiger partial charge in [0.25, 0.3) is 11.8 Å². The normalized spacial score (nSPS) is 16.4. The number of amides is 3. The van der Waals surface area contributed by atoms with E-state index < -0.39 is 5.54 Å². The molecule has 2 heterocycles. The maximum absolute atomic E-state index is 13.9. The fourth-order valence-corrected chi connectivity index (χ4v) is 5.44. The molecule has 202 valence electrons. The highest BCUT2D eigenvalue weighted by Crippen LogP contribution is 2.40. The molecule has 2 aliphatic rings. The van der Waals surface area contributed by atoms with E-state index in [0.29, 0.717) is 55.3 Å². The van der Waals surface area contributed by atoms with Crippen LogP contribution in [0.2, 0.25) is 0 Å². The van der Waals surface area contributed by atoms with Gasteiger partial charge in [-0.1, -0.05) is 30.3 Å². The van der Waals surface area contributed by atoms with E-state index in [4.69, 9.17) is 9.47 Å². The van der Waals surface area contributed by atoms with Crippen LogP contribution in [0.5, 0.6) is 11.5 Å². The third-order valence-corrected chi connectivity index (χ3v) is 7.51. The fraction of sp³-hybridized carbons (Fsp3) is 0.300. The average molecular weight is 529 g/mol. The number of para-hydroxylation sites is 2. The number of rotatable bonds is 7. The maximum Gasteiger partial charge on any atom is 0.257 e. The first-order valence-corrected chi connectivity index (χ1v) is 12.9. The molecule has 0 unspecified atom stereocenters. The topological polar surface area (TPSA) is 91.4 Å². The zero-order valence-electron chi connectivity index (χ0n) is 22.1. The zero-order valence-corrected chi connectivity index (χ0v) is 22.1. The molecule has 2 saturated heterocycles. The van der Waals surface area contributed by atoms with E-state index in [0.717, 1.165) is 5.69 Å². The van der Waals surface area contributed by atoms with Gasteiger partial charge in [0.15, 0.2) is 0 Å². The van der Waals surface area contributed by atoms with Crippen LogP contribution >= 0.6 is 0 Å². The van der Waals surface area contributed by atoms with Gasteiger partial charge in [0.05, 0.1) is 26.5 Å². The summed E-state index contributed by atoms with van der Waals surface area (Å²) in [6.07, 6.45) is 0.913. The minimum Gasteiger partial charge on any atom is -0.497 e. The van der Waals surface area contributed by atoms with Crippen molar-refractivity contribution >= 4 is 29.1 Å². The van der Waals surface area contributed by atoms with Crippen LogP contribution in [0.3, 0.4) is 0 Å². The van der Waals surface area contributed by atoms with Crippen molar-refractivity contribution in [3.8, 4) is 11.5 Å². The van der Waals surface area contributed by atoms with Crippen molar-refractivity contribution in [3.05, 3.63) is 84.4 Å². The molecule has 9 nitrogen and oxygen atoms in total. The van der Waals surface area contributed by atoms with Gasteiger partial charge < -0.3 is 29.5 Å². The molecule has 1 N–H and O–H groups in total. The smallest absolute Gasteiger partial charge is 0.257 e. The number of hydrogen-bond donors (Lipinski definition) is 1. The number of hydrogen-bond acceptors (Lipinski definition) is 6. The average Bonchev–Trinajstić information content (AvgIpc) is 3.24. The van der Waals surface area contributed by atoms with Crippen molar-refractivity contribution in [1.82, 2.24) is 9.80 Å². The number of benzene rings is 3. The van der Waals surface area contributed by atoms with Crippen molar-refractivity contribution in [3.63, 3.8) is 0 Å². The molecular weight excluding hydrogens is 496 g/mol. The Balaban J connectivity index is 1.33. The molecule has 0 atom stereocenters. The third kappa shape index (κ3) is 5.12. The first kappa shape index (κ1) is 26.1. The largest absolute Gasteiger partial charge is 0.497 e. The maximum atomic E-state index is 13.9. The van der Waals surface area contributed by atoms with Gasteiger partial charge in [-0.15, -0.1) is 0 Å². The highest BCUT2D eigenvalue weighted by Gasteiger charge is 2.54. The number of piperidine rings is 1. The molecular formula is C30H32N4O5. The predicted molar refractivity (Wildman–Crippen MR) is 148 cm³/mol. The molecule has 0 aliphatic carbocycles. The molecule has 9 heteroatoms. The molecule has 0 saturated carbocycles. The standard InChI is InChI=1S/C30H32N4O5/c1-38-24-14-12-22(13-15-24)31-27(35)20-33-21-34(23-8-4-3-5-9-23)30(29(33)37)16-18-32(19-17-30)28(36)25-10-6-7-11-26(25)39-2/h3-15H,16-21H2,1-2H3,(H,31,35). The first-order chi connectivity index (χ1) is 18.9. The summed E-state index contributed by atoms with van der Waals surface area (Å²) in [7, 11) is 3.13. The molecule has 2 fully saturated rings. The highest BCUT2D eigenvalue weighted by molar-refractivity contribution is 6.00. The van der Waals surface area contributed by atoms with E-state index in [1.807, 2.05) is 42.5 Å². The van der Waals surface area contributed by atoms with Gasteiger partial charge in [-0.3, -0.25) is 14.4 Å². The number of ether oxygens (including phenoxy) is 2. The van der Waals surface area contributed by atoms with Gasteiger partial charge >= 0.3 is 0 Å². The van der Waals surface area contributed by atoms with Crippen molar-refractivity contribution in [2.45, 2.75) is 18.4 Å². The minimum absolute atomic E-state index is 0.0696. The lowest BCUT2D eigenvalue weighted by atomic mass is 9.85. The second-order valence-electron chi connectivity index (χ2n) is 9.71. The monoisotopic (exact) mass is 528 g/mol. The summed E-state index contributed by atoms with van der Waals surface area (Å²) in [5, 5.41) is 2.87. The summed E-state index contributed by atoms with van der Waals surface area (Å²) >= 11 is 0. The number of methoxy groups -OCH3 is 2. The van der Waals surface area contributed by atoms with Crippen LogP contribution in [0, 0.1) is 0 Å². The Morgan fingerprint density at radius 3 is 2.21 bits per heavy atom. The Morgan fingerprint density at radius 1 is 0.872 bits per heavy atom. The molecule has 5 rings (SSSR count). The van der Waals surface area contributed by atoms with Crippen LogP contribution in [0.25, 0.3) is 0 Å². The summed E-state index contributed by atoms with van der Waals surface area (Å²) < 4.78 is 10.6. The van der Waals surface area contributed by atoms with Crippen LogP contribution < -0.4 is 19.7 Å². The summed E-state index contributed by atoms with van der Waals surface area (Å²) in [4.78, 5) is 45.6.